The molecule has 3 heterocycles. The Bertz CT molecular complexity index is 1320. The van der Waals surface area contributed by atoms with E-state index >= 15 is 0 Å². The molecule has 1 aliphatic carbocycles. The summed E-state index contributed by atoms with van der Waals surface area (Å²) in [5.74, 6) is 1.99. The van der Waals surface area contributed by atoms with Crippen molar-refractivity contribution >= 4 is 32.9 Å². The van der Waals surface area contributed by atoms with Crippen molar-refractivity contribution in [2.45, 2.75) is 32.7 Å². The number of hydrogen-bond donors (Lipinski definition) is 0. The van der Waals surface area contributed by atoms with E-state index in [2.05, 4.69) is 11.9 Å². The van der Waals surface area contributed by atoms with Gasteiger partial charge in [0.05, 0.1) is 43.7 Å². The molecule has 0 spiro atoms. The van der Waals surface area contributed by atoms with Crippen LogP contribution in [0, 0.1) is 5.92 Å². The summed E-state index contributed by atoms with van der Waals surface area (Å²) in [7, 11) is 3.24. The lowest BCUT2D eigenvalue weighted by atomic mass is 9.89. The van der Waals surface area contributed by atoms with Crippen LogP contribution in [0.3, 0.4) is 0 Å². The number of benzene rings is 1. The van der Waals surface area contributed by atoms with E-state index in [4.69, 9.17) is 14.5 Å². The van der Waals surface area contributed by atoms with Crippen molar-refractivity contribution < 1.29 is 9.47 Å². The molecule has 0 radical (unpaired) electrons. The summed E-state index contributed by atoms with van der Waals surface area (Å²) in [6.45, 7) is 2.67. The number of para-hydroxylation sites is 1. The lowest BCUT2D eigenvalue weighted by molar-refractivity contribution is 0.356. The van der Waals surface area contributed by atoms with Crippen molar-refractivity contribution in [1.29, 1.82) is 0 Å². The first-order valence-electron chi connectivity index (χ1n) is 10.2. The zero-order valence-corrected chi connectivity index (χ0v) is 19.3. The van der Waals surface area contributed by atoms with Crippen molar-refractivity contribution in [3.8, 4) is 22.1 Å². The average molecular weight is 454 g/mol. The molecule has 6 nitrogen and oxygen atoms in total. The molecule has 0 aliphatic heterocycles. The van der Waals surface area contributed by atoms with Gasteiger partial charge in [-0.15, -0.1) is 22.7 Å². The molecule has 0 saturated heterocycles. The summed E-state index contributed by atoms with van der Waals surface area (Å²) < 4.78 is 12.6. The summed E-state index contributed by atoms with van der Waals surface area (Å²) in [5, 5.41) is 3.62. The molecular weight excluding hydrogens is 430 g/mol. The number of fused-ring (bicyclic) bond motifs is 3. The molecule has 0 N–H and O–H groups in total. The van der Waals surface area contributed by atoms with E-state index in [-0.39, 0.29) is 5.56 Å². The van der Waals surface area contributed by atoms with Crippen LogP contribution in [0.1, 0.15) is 29.5 Å². The standard InChI is InChI=1S/C23H23N3O3S2/c1-13-7-8-15-18(9-13)31-22-19(15)23(27)26(12-24-22)10-14-11-30-21(25-14)16-5-4-6-17(28-2)20(16)29-3/h4-6,11-13H,7-10H2,1-3H3. The van der Waals surface area contributed by atoms with Crippen molar-refractivity contribution in [1.82, 2.24) is 14.5 Å². The van der Waals surface area contributed by atoms with Gasteiger partial charge in [-0.3, -0.25) is 9.36 Å². The van der Waals surface area contributed by atoms with Crippen LogP contribution in [0.2, 0.25) is 0 Å². The highest BCUT2D eigenvalue weighted by molar-refractivity contribution is 7.18. The lowest BCUT2D eigenvalue weighted by Gasteiger charge is -2.17. The zero-order chi connectivity index (χ0) is 21.5. The highest BCUT2D eigenvalue weighted by atomic mass is 32.1. The number of rotatable bonds is 5. The van der Waals surface area contributed by atoms with Gasteiger partial charge in [0.25, 0.3) is 5.56 Å². The van der Waals surface area contributed by atoms with Crippen molar-refractivity contribution in [3.63, 3.8) is 0 Å². The molecule has 0 fully saturated rings. The molecule has 1 unspecified atom stereocenters. The minimum atomic E-state index is 0.0329. The Labute approximate surface area is 188 Å². The lowest BCUT2D eigenvalue weighted by Crippen LogP contribution is -2.22. The molecule has 160 valence electrons. The third kappa shape index (κ3) is 3.53. The molecule has 31 heavy (non-hydrogen) atoms. The van der Waals surface area contributed by atoms with Gasteiger partial charge in [0.1, 0.15) is 9.84 Å². The number of aryl methyl sites for hydroxylation is 1. The number of methoxy groups -OCH3 is 2. The van der Waals surface area contributed by atoms with Gasteiger partial charge in [0.2, 0.25) is 0 Å². The van der Waals surface area contributed by atoms with Gasteiger partial charge in [0.15, 0.2) is 11.5 Å². The maximum absolute atomic E-state index is 13.3. The second-order valence-electron chi connectivity index (χ2n) is 7.89. The number of thiazole rings is 1. The fraction of sp³-hybridized carbons (Fsp3) is 0.348. The Morgan fingerprint density at radius 1 is 1.26 bits per heavy atom. The monoisotopic (exact) mass is 453 g/mol. The first-order valence-corrected chi connectivity index (χ1v) is 11.9. The smallest absolute Gasteiger partial charge is 0.262 e. The SMILES string of the molecule is COc1cccc(-c2nc(Cn3cnc4sc5c(c4c3=O)CCC(C)C5)cs2)c1OC. The van der Waals surface area contributed by atoms with E-state index in [1.54, 1.807) is 36.5 Å². The summed E-state index contributed by atoms with van der Waals surface area (Å²) in [6.07, 6.45) is 4.80. The molecule has 1 aromatic carbocycles. The number of hydrogen-bond acceptors (Lipinski definition) is 7. The van der Waals surface area contributed by atoms with Gasteiger partial charge < -0.3 is 9.47 Å². The van der Waals surface area contributed by atoms with E-state index in [9.17, 15) is 4.79 Å². The van der Waals surface area contributed by atoms with Crippen LogP contribution < -0.4 is 15.0 Å². The van der Waals surface area contributed by atoms with Crippen molar-refractivity contribution in [2.24, 2.45) is 5.92 Å². The molecule has 8 heteroatoms. The maximum atomic E-state index is 13.3. The predicted molar refractivity (Wildman–Crippen MR) is 125 cm³/mol. The number of nitrogens with zero attached hydrogens (tertiary/aromatic N) is 3. The molecular formula is C23H23N3O3S2. The molecule has 3 aromatic heterocycles. The molecule has 0 bridgehead atoms. The van der Waals surface area contributed by atoms with E-state index < -0.39 is 0 Å². The van der Waals surface area contributed by atoms with Gasteiger partial charge in [-0.05, 0) is 42.9 Å². The predicted octanol–water partition coefficient (Wildman–Crippen LogP) is 4.77. The van der Waals surface area contributed by atoms with Gasteiger partial charge >= 0.3 is 0 Å². The topological polar surface area (TPSA) is 66.2 Å². The minimum Gasteiger partial charge on any atom is -0.493 e. The second kappa shape index (κ2) is 8.09. The first kappa shape index (κ1) is 20.2. The van der Waals surface area contributed by atoms with Gasteiger partial charge in [0, 0.05) is 10.3 Å². The van der Waals surface area contributed by atoms with Crippen molar-refractivity contribution in [3.05, 3.63) is 56.4 Å². The Morgan fingerprint density at radius 2 is 2.13 bits per heavy atom. The third-order valence-corrected chi connectivity index (χ3v) is 7.89. The third-order valence-electron chi connectivity index (χ3n) is 5.80. The summed E-state index contributed by atoms with van der Waals surface area (Å²) in [6, 6.07) is 5.74. The van der Waals surface area contributed by atoms with Crippen LogP contribution in [0.5, 0.6) is 11.5 Å². The van der Waals surface area contributed by atoms with E-state index in [1.807, 2.05) is 23.6 Å². The Morgan fingerprint density at radius 3 is 2.94 bits per heavy atom. The van der Waals surface area contributed by atoms with Crippen LogP contribution in [0.25, 0.3) is 20.8 Å². The molecule has 4 aromatic rings. The number of thiophene rings is 1. The fourth-order valence-corrected chi connectivity index (χ4v) is 6.39. The normalized spacial score (nSPS) is 15.8. The first-order chi connectivity index (χ1) is 15.1. The summed E-state index contributed by atoms with van der Waals surface area (Å²) in [4.78, 5) is 24.8. The molecule has 0 saturated carbocycles. The molecule has 1 atom stereocenters. The minimum absolute atomic E-state index is 0.0329. The van der Waals surface area contributed by atoms with Crippen molar-refractivity contribution in [2.75, 3.05) is 14.2 Å². The number of aromatic nitrogens is 3. The highest BCUT2D eigenvalue weighted by Crippen LogP contribution is 2.39. The summed E-state index contributed by atoms with van der Waals surface area (Å²) in [5.41, 5.74) is 2.95. The Balaban J connectivity index is 1.49. The fourth-order valence-electron chi connectivity index (χ4n) is 4.21. The highest BCUT2D eigenvalue weighted by Gasteiger charge is 2.23. The zero-order valence-electron chi connectivity index (χ0n) is 17.7. The maximum Gasteiger partial charge on any atom is 0.262 e. The second-order valence-corrected chi connectivity index (χ2v) is 9.84. The van der Waals surface area contributed by atoms with Gasteiger partial charge in [-0.25, -0.2) is 9.97 Å². The quantitative estimate of drug-likeness (QED) is 0.435. The Kier molecular flexibility index (Phi) is 5.27. The van der Waals surface area contributed by atoms with Crippen LogP contribution >= 0.6 is 22.7 Å². The molecule has 1 aliphatic rings. The van der Waals surface area contributed by atoms with Crippen LogP contribution in [0.15, 0.2) is 34.7 Å². The van der Waals surface area contributed by atoms with E-state index in [1.165, 1.54) is 21.8 Å². The van der Waals surface area contributed by atoms with Crippen LogP contribution in [-0.2, 0) is 19.4 Å². The average Bonchev–Trinajstić information content (AvgIpc) is 3.39. The van der Waals surface area contributed by atoms with Crippen LogP contribution in [0.4, 0.5) is 0 Å². The number of ether oxygens (including phenoxy) is 2. The van der Waals surface area contributed by atoms with Gasteiger partial charge in [-0.2, -0.15) is 0 Å². The van der Waals surface area contributed by atoms with E-state index in [0.29, 0.717) is 24.0 Å². The Hall–Kier alpha value is -2.71. The van der Waals surface area contributed by atoms with E-state index in [0.717, 1.165) is 45.7 Å². The van der Waals surface area contributed by atoms with Crippen LogP contribution in [-0.4, -0.2) is 28.8 Å². The molecule has 0 amide bonds. The largest absolute Gasteiger partial charge is 0.493 e. The molecule has 5 rings (SSSR count). The summed E-state index contributed by atoms with van der Waals surface area (Å²) >= 11 is 3.20. The van der Waals surface area contributed by atoms with Gasteiger partial charge in [-0.1, -0.05) is 13.0 Å².